The Bertz CT molecular complexity index is 542. The fourth-order valence-corrected chi connectivity index (χ4v) is 3.29. The molecule has 0 aliphatic carbocycles. The van der Waals surface area contributed by atoms with Crippen molar-refractivity contribution in [3.63, 3.8) is 0 Å². The molecule has 1 atom stereocenters. The molecule has 96 valence electrons. The normalized spacial score (nSPS) is 12.7. The minimum absolute atomic E-state index is 0.481. The van der Waals surface area contributed by atoms with Crippen LogP contribution < -0.4 is 0 Å². The van der Waals surface area contributed by atoms with E-state index in [-0.39, 0.29) is 0 Å². The Labute approximate surface area is 125 Å². The maximum absolute atomic E-state index is 10.3. The van der Waals surface area contributed by atoms with Crippen LogP contribution in [-0.4, -0.2) is 5.11 Å². The number of aryl methyl sites for hydroxylation is 2. The molecule has 1 N–H and O–H groups in total. The maximum atomic E-state index is 10.3. The van der Waals surface area contributed by atoms with Crippen LogP contribution >= 0.6 is 38.9 Å². The lowest BCUT2D eigenvalue weighted by Gasteiger charge is -2.13. The van der Waals surface area contributed by atoms with Crippen molar-refractivity contribution < 1.29 is 5.11 Å². The van der Waals surface area contributed by atoms with Gasteiger partial charge in [-0.1, -0.05) is 39.7 Å². The van der Waals surface area contributed by atoms with Crippen molar-refractivity contribution in [3.05, 3.63) is 54.6 Å². The highest BCUT2D eigenvalue weighted by Gasteiger charge is 2.12. The summed E-state index contributed by atoms with van der Waals surface area (Å²) in [7, 11) is 0. The number of benzene rings is 1. The summed E-state index contributed by atoms with van der Waals surface area (Å²) >= 11 is 10.9. The van der Waals surface area contributed by atoms with Gasteiger partial charge in [-0.05, 0) is 42.7 Å². The largest absolute Gasteiger partial charge is 0.388 e. The highest BCUT2D eigenvalue weighted by Crippen LogP contribution is 2.29. The van der Waals surface area contributed by atoms with Gasteiger partial charge in [0.25, 0.3) is 0 Å². The van der Waals surface area contributed by atoms with Crippen molar-refractivity contribution in [2.24, 2.45) is 0 Å². The fourth-order valence-electron chi connectivity index (χ4n) is 1.94. The molecule has 0 bridgehead atoms. The standard InChI is InChI=1S/C14H14BrClOS/c1-8-5-10(6-9(2)14(8)15)12(17)7-11-3-4-13(16)18-11/h3-6,12,17H,7H2,1-2H3. The van der Waals surface area contributed by atoms with E-state index >= 15 is 0 Å². The quantitative estimate of drug-likeness (QED) is 0.824. The maximum Gasteiger partial charge on any atom is 0.0931 e. The van der Waals surface area contributed by atoms with Gasteiger partial charge in [-0.25, -0.2) is 0 Å². The highest BCUT2D eigenvalue weighted by molar-refractivity contribution is 9.10. The summed E-state index contributed by atoms with van der Waals surface area (Å²) < 4.78 is 1.87. The summed E-state index contributed by atoms with van der Waals surface area (Å²) in [6, 6.07) is 7.88. The fraction of sp³-hybridized carbons (Fsp3) is 0.286. The molecule has 0 radical (unpaired) electrons. The van der Waals surface area contributed by atoms with E-state index in [9.17, 15) is 5.11 Å². The van der Waals surface area contributed by atoms with Crippen molar-refractivity contribution in [1.82, 2.24) is 0 Å². The third-order valence-electron chi connectivity index (χ3n) is 2.87. The van der Waals surface area contributed by atoms with E-state index in [2.05, 4.69) is 15.9 Å². The predicted molar refractivity (Wildman–Crippen MR) is 81.6 cm³/mol. The van der Waals surface area contributed by atoms with Crippen molar-refractivity contribution in [2.45, 2.75) is 26.4 Å². The van der Waals surface area contributed by atoms with Crippen LogP contribution in [0.2, 0.25) is 4.34 Å². The smallest absolute Gasteiger partial charge is 0.0931 e. The average molecular weight is 346 g/mol. The molecule has 2 aromatic rings. The first kappa shape index (κ1) is 14.1. The molecule has 2 rings (SSSR count). The Kier molecular flexibility index (Phi) is 4.49. The molecule has 0 spiro atoms. The molecule has 0 aliphatic heterocycles. The van der Waals surface area contributed by atoms with Gasteiger partial charge < -0.3 is 5.11 Å². The van der Waals surface area contributed by atoms with E-state index < -0.39 is 6.10 Å². The molecule has 18 heavy (non-hydrogen) atoms. The molecule has 4 heteroatoms. The molecule has 0 aliphatic rings. The lowest BCUT2D eigenvalue weighted by Crippen LogP contribution is -2.02. The van der Waals surface area contributed by atoms with Crippen molar-refractivity contribution in [2.75, 3.05) is 0 Å². The van der Waals surface area contributed by atoms with E-state index in [1.807, 2.05) is 38.1 Å². The molecular weight excluding hydrogens is 332 g/mol. The molecule has 1 aromatic heterocycles. The van der Waals surface area contributed by atoms with Crippen molar-refractivity contribution in [1.29, 1.82) is 0 Å². The van der Waals surface area contributed by atoms with Gasteiger partial charge in [0.15, 0.2) is 0 Å². The highest BCUT2D eigenvalue weighted by atomic mass is 79.9. The second-order valence-corrected chi connectivity index (χ2v) is 6.99. The van der Waals surface area contributed by atoms with E-state index in [0.29, 0.717) is 6.42 Å². The first-order chi connectivity index (χ1) is 8.47. The first-order valence-electron chi connectivity index (χ1n) is 5.66. The summed E-state index contributed by atoms with van der Waals surface area (Å²) in [5.74, 6) is 0. The number of hydrogen-bond acceptors (Lipinski definition) is 2. The van der Waals surface area contributed by atoms with Gasteiger partial charge in [0.1, 0.15) is 0 Å². The van der Waals surface area contributed by atoms with Crippen molar-refractivity contribution in [3.8, 4) is 0 Å². The van der Waals surface area contributed by atoms with Gasteiger partial charge in [-0.15, -0.1) is 11.3 Å². The summed E-state index contributed by atoms with van der Waals surface area (Å²) in [5, 5.41) is 10.3. The Morgan fingerprint density at radius 3 is 2.39 bits per heavy atom. The van der Waals surface area contributed by atoms with Crippen LogP contribution in [-0.2, 0) is 6.42 Å². The number of rotatable bonds is 3. The number of halogens is 2. The SMILES string of the molecule is Cc1cc(C(O)Cc2ccc(Cl)s2)cc(C)c1Br. The number of thiophene rings is 1. The minimum Gasteiger partial charge on any atom is -0.388 e. The Balaban J connectivity index is 2.21. The molecular formula is C14H14BrClOS. The van der Waals surface area contributed by atoms with Crippen LogP contribution in [0.15, 0.2) is 28.7 Å². The van der Waals surface area contributed by atoms with Gasteiger partial charge in [0, 0.05) is 15.8 Å². The molecule has 0 saturated heterocycles. The molecule has 0 fully saturated rings. The van der Waals surface area contributed by atoms with Gasteiger partial charge in [-0.2, -0.15) is 0 Å². The summed E-state index contributed by atoms with van der Waals surface area (Å²) in [6.07, 6.45) is 0.128. The minimum atomic E-state index is -0.481. The topological polar surface area (TPSA) is 20.2 Å². The zero-order chi connectivity index (χ0) is 13.3. The predicted octanol–water partition coefficient (Wildman–Crippen LogP) is 5.06. The summed E-state index contributed by atoms with van der Waals surface area (Å²) in [6.45, 7) is 4.07. The van der Waals surface area contributed by atoms with Crippen LogP contribution in [0, 0.1) is 13.8 Å². The lowest BCUT2D eigenvalue weighted by molar-refractivity contribution is 0.179. The first-order valence-corrected chi connectivity index (χ1v) is 7.65. The monoisotopic (exact) mass is 344 g/mol. The third-order valence-corrected chi connectivity index (χ3v) is 5.37. The zero-order valence-corrected chi connectivity index (χ0v) is 13.4. The summed E-state index contributed by atoms with van der Waals surface area (Å²) in [4.78, 5) is 1.10. The van der Waals surface area contributed by atoms with E-state index in [1.165, 1.54) is 11.3 Å². The van der Waals surface area contributed by atoms with Crippen LogP contribution in [0.4, 0.5) is 0 Å². The second kappa shape index (κ2) is 5.74. The number of hydrogen-bond donors (Lipinski definition) is 1. The van der Waals surface area contributed by atoms with E-state index in [4.69, 9.17) is 11.6 Å². The van der Waals surface area contributed by atoms with E-state index in [1.54, 1.807) is 0 Å². The van der Waals surface area contributed by atoms with Crippen LogP contribution in [0.3, 0.4) is 0 Å². The lowest BCUT2D eigenvalue weighted by atomic mass is 10.0. The third kappa shape index (κ3) is 3.15. The van der Waals surface area contributed by atoms with E-state index in [0.717, 1.165) is 30.4 Å². The molecule has 1 heterocycles. The van der Waals surface area contributed by atoms with Gasteiger partial charge in [0.2, 0.25) is 0 Å². The second-order valence-electron chi connectivity index (χ2n) is 4.39. The zero-order valence-electron chi connectivity index (χ0n) is 10.2. The van der Waals surface area contributed by atoms with Gasteiger partial charge in [-0.3, -0.25) is 0 Å². The number of aliphatic hydroxyl groups excluding tert-OH is 1. The van der Waals surface area contributed by atoms with Crippen LogP contribution in [0.5, 0.6) is 0 Å². The van der Waals surface area contributed by atoms with Crippen LogP contribution in [0.25, 0.3) is 0 Å². The van der Waals surface area contributed by atoms with Crippen molar-refractivity contribution >= 4 is 38.9 Å². The molecule has 1 aromatic carbocycles. The van der Waals surface area contributed by atoms with Crippen LogP contribution in [0.1, 0.15) is 27.7 Å². The Morgan fingerprint density at radius 2 is 1.89 bits per heavy atom. The average Bonchev–Trinajstić information content (AvgIpc) is 2.71. The summed E-state index contributed by atoms with van der Waals surface area (Å²) in [5.41, 5.74) is 3.25. The van der Waals surface area contributed by atoms with Gasteiger partial charge >= 0.3 is 0 Å². The number of aliphatic hydroxyl groups is 1. The molecule has 1 unspecified atom stereocenters. The molecule has 0 amide bonds. The molecule has 0 saturated carbocycles. The molecule has 1 nitrogen and oxygen atoms in total. The Hall–Kier alpha value is -0.350. The van der Waals surface area contributed by atoms with Gasteiger partial charge in [0.05, 0.1) is 10.4 Å². The Morgan fingerprint density at radius 1 is 1.28 bits per heavy atom.